The van der Waals surface area contributed by atoms with Gasteiger partial charge in [-0.2, -0.15) is 5.21 Å². The molecule has 0 radical (unpaired) electrons. The number of carbonyl (C=O) groups excluding carboxylic acids is 1. The standard InChI is InChI=1S/C13H17N5O3/c19-7-9-21-8-1-6-14-13(20)11-4-2-10(3-5-11)12-15-17-18-16-12/h2-5,19H,1,6-9H2,(H,14,20)(H,15,16,17,18). The van der Waals surface area contributed by atoms with Crippen molar-refractivity contribution >= 4 is 5.91 Å². The number of H-pyrrole nitrogens is 1. The Balaban J connectivity index is 1.78. The zero-order valence-corrected chi connectivity index (χ0v) is 11.5. The van der Waals surface area contributed by atoms with Gasteiger partial charge in [-0.3, -0.25) is 4.79 Å². The van der Waals surface area contributed by atoms with E-state index < -0.39 is 0 Å². The van der Waals surface area contributed by atoms with Crippen LogP contribution in [-0.4, -0.2) is 58.0 Å². The second-order valence-electron chi connectivity index (χ2n) is 4.26. The first-order valence-corrected chi connectivity index (χ1v) is 6.62. The van der Waals surface area contributed by atoms with E-state index in [0.717, 1.165) is 5.56 Å². The number of amides is 1. The van der Waals surface area contributed by atoms with Crippen molar-refractivity contribution < 1.29 is 14.6 Å². The lowest BCUT2D eigenvalue weighted by molar-refractivity contribution is 0.0867. The molecule has 0 fully saturated rings. The number of benzene rings is 1. The van der Waals surface area contributed by atoms with Crippen molar-refractivity contribution in [1.29, 1.82) is 0 Å². The van der Waals surface area contributed by atoms with Crippen LogP contribution in [0, 0.1) is 0 Å². The first kappa shape index (κ1) is 15.1. The molecule has 1 aromatic heterocycles. The molecular weight excluding hydrogens is 274 g/mol. The maximum Gasteiger partial charge on any atom is 0.251 e. The van der Waals surface area contributed by atoms with Gasteiger partial charge < -0.3 is 15.2 Å². The summed E-state index contributed by atoms with van der Waals surface area (Å²) < 4.78 is 5.10. The average Bonchev–Trinajstić information content (AvgIpc) is 3.05. The molecule has 1 heterocycles. The smallest absolute Gasteiger partial charge is 0.251 e. The number of aromatic nitrogens is 4. The Bertz CT molecular complexity index is 541. The second-order valence-corrected chi connectivity index (χ2v) is 4.26. The van der Waals surface area contributed by atoms with Gasteiger partial charge in [-0.25, -0.2) is 0 Å². The minimum Gasteiger partial charge on any atom is -0.394 e. The van der Waals surface area contributed by atoms with Crippen LogP contribution >= 0.6 is 0 Å². The molecule has 0 atom stereocenters. The predicted octanol–water partition coefficient (Wildman–Crippen LogP) is -0.00450. The van der Waals surface area contributed by atoms with Gasteiger partial charge in [0.05, 0.1) is 13.2 Å². The van der Waals surface area contributed by atoms with Gasteiger partial charge in [-0.05, 0) is 23.8 Å². The van der Waals surface area contributed by atoms with Crippen molar-refractivity contribution in [3.63, 3.8) is 0 Å². The van der Waals surface area contributed by atoms with Crippen molar-refractivity contribution in [3.05, 3.63) is 29.8 Å². The monoisotopic (exact) mass is 291 g/mol. The molecule has 0 aliphatic carbocycles. The Hall–Kier alpha value is -2.32. The predicted molar refractivity (Wildman–Crippen MR) is 74.5 cm³/mol. The topological polar surface area (TPSA) is 113 Å². The van der Waals surface area contributed by atoms with Crippen LogP contribution in [-0.2, 0) is 4.74 Å². The van der Waals surface area contributed by atoms with E-state index >= 15 is 0 Å². The molecule has 8 heteroatoms. The molecule has 1 amide bonds. The molecule has 0 aliphatic rings. The molecule has 0 unspecified atom stereocenters. The number of aliphatic hydroxyl groups excluding tert-OH is 1. The first-order chi connectivity index (χ1) is 10.3. The molecule has 1 aromatic carbocycles. The van der Waals surface area contributed by atoms with Gasteiger partial charge >= 0.3 is 0 Å². The normalized spacial score (nSPS) is 10.5. The third-order valence-electron chi connectivity index (χ3n) is 2.74. The lowest BCUT2D eigenvalue weighted by Gasteiger charge is -2.06. The number of hydrogen-bond acceptors (Lipinski definition) is 6. The molecule has 0 saturated heterocycles. The van der Waals surface area contributed by atoms with Crippen LogP contribution in [0.3, 0.4) is 0 Å². The Morgan fingerprint density at radius 2 is 2.10 bits per heavy atom. The largest absolute Gasteiger partial charge is 0.394 e. The third kappa shape index (κ3) is 4.62. The fraction of sp³-hybridized carbons (Fsp3) is 0.385. The van der Waals surface area contributed by atoms with Crippen LogP contribution in [0.15, 0.2) is 24.3 Å². The molecule has 0 saturated carbocycles. The summed E-state index contributed by atoms with van der Waals surface area (Å²) in [5.41, 5.74) is 1.36. The highest BCUT2D eigenvalue weighted by Crippen LogP contribution is 2.13. The highest BCUT2D eigenvalue weighted by Gasteiger charge is 2.07. The fourth-order valence-corrected chi connectivity index (χ4v) is 1.70. The maximum absolute atomic E-state index is 11.9. The molecule has 112 valence electrons. The van der Waals surface area contributed by atoms with Gasteiger partial charge in [0.2, 0.25) is 5.82 Å². The summed E-state index contributed by atoms with van der Waals surface area (Å²) in [6, 6.07) is 6.96. The first-order valence-electron chi connectivity index (χ1n) is 6.62. The van der Waals surface area contributed by atoms with Gasteiger partial charge in [0, 0.05) is 24.3 Å². The average molecular weight is 291 g/mol. The molecule has 3 N–H and O–H groups in total. The lowest BCUT2D eigenvalue weighted by Crippen LogP contribution is -2.25. The zero-order valence-electron chi connectivity index (χ0n) is 11.5. The summed E-state index contributed by atoms with van der Waals surface area (Å²) in [5, 5.41) is 24.9. The van der Waals surface area contributed by atoms with E-state index in [0.29, 0.717) is 37.6 Å². The van der Waals surface area contributed by atoms with E-state index in [1.807, 2.05) is 0 Å². The Labute approximate surface area is 121 Å². The van der Waals surface area contributed by atoms with Crippen molar-refractivity contribution in [3.8, 4) is 11.4 Å². The van der Waals surface area contributed by atoms with Gasteiger partial charge in [0.25, 0.3) is 5.91 Å². The van der Waals surface area contributed by atoms with E-state index in [1.54, 1.807) is 24.3 Å². The number of aromatic amines is 1. The van der Waals surface area contributed by atoms with E-state index in [2.05, 4.69) is 25.9 Å². The van der Waals surface area contributed by atoms with E-state index in [9.17, 15) is 4.79 Å². The van der Waals surface area contributed by atoms with Crippen LogP contribution < -0.4 is 5.32 Å². The molecule has 21 heavy (non-hydrogen) atoms. The van der Waals surface area contributed by atoms with E-state index in [4.69, 9.17) is 9.84 Å². The van der Waals surface area contributed by atoms with Crippen LogP contribution in [0.25, 0.3) is 11.4 Å². The molecular formula is C13H17N5O3. The van der Waals surface area contributed by atoms with E-state index in [1.165, 1.54) is 0 Å². The van der Waals surface area contributed by atoms with E-state index in [-0.39, 0.29) is 12.5 Å². The quantitative estimate of drug-likeness (QED) is 0.590. The summed E-state index contributed by atoms with van der Waals surface area (Å²) in [5.74, 6) is 0.347. The minimum atomic E-state index is -0.142. The number of tetrazole rings is 1. The lowest BCUT2D eigenvalue weighted by atomic mass is 10.1. The maximum atomic E-state index is 11.9. The SMILES string of the molecule is O=C(NCCCOCCO)c1ccc(-c2nn[nH]n2)cc1. The summed E-state index contributed by atoms with van der Waals surface area (Å²) in [6.07, 6.45) is 0.701. The van der Waals surface area contributed by atoms with Crippen molar-refractivity contribution in [2.45, 2.75) is 6.42 Å². The Morgan fingerprint density at radius 3 is 2.76 bits per heavy atom. The van der Waals surface area contributed by atoms with Crippen LogP contribution in [0.4, 0.5) is 0 Å². The molecule has 8 nitrogen and oxygen atoms in total. The van der Waals surface area contributed by atoms with Gasteiger partial charge in [-0.1, -0.05) is 12.1 Å². The number of aliphatic hydroxyl groups is 1. The Morgan fingerprint density at radius 1 is 1.29 bits per heavy atom. The highest BCUT2D eigenvalue weighted by atomic mass is 16.5. The summed E-state index contributed by atoms with van der Waals surface area (Å²) >= 11 is 0. The van der Waals surface area contributed by atoms with Crippen LogP contribution in [0.5, 0.6) is 0 Å². The molecule has 0 bridgehead atoms. The summed E-state index contributed by atoms with van der Waals surface area (Å²) in [7, 11) is 0. The van der Waals surface area contributed by atoms with Crippen molar-refractivity contribution in [1.82, 2.24) is 25.9 Å². The van der Waals surface area contributed by atoms with Gasteiger partial charge in [-0.15, -0.1) is 10.2 Å². The number of rotatable bonds is 8. The number of carbonyl (C=O) groups is 1. The number of hydrogen-bond donors (Lipinski definition) is 3. The Kier molecular flexibility index (Phi) is 5.80. The van der Waals surface area contributed by atoms with Crippen LogP contribution in [0.1, 0.15) is 16.8 Å². The summed E-state index contributed by atoms with van der Waals surface area (Å²) in [4.78, 5) is 11.9. The third-order valence-corrected chi connectivity index (χ3v) is 2.74. The molecule has 2 aromatic rings. The second kappa shape index (κ2) is 8.08. The zero-order chi connectivity index (χ0) is 14.9. The molecule has 0 aliphatic heterocycles. The van der Waals surface area contributed by atoms with Gasteiger partial charge in [0.15, 0.2) is 0 Å². The number of ether oxygens (including phenoxy) is 1. The summed E-state index contributed by atoms with van der Waals surface area (Å²) in [6.45, 7) is 1.37. The van der Waals surface area contributed by atoms with Crippen molar-refractivity contribution in [2.75, 3.05) is 26.4 Å². The number of nitrogens with zero attached hydrogens (tertiary/aromatic N) is 3. The van der Waals surface area contributed by atoms with Gasteiger partial charge in [0.1, 0.15) is 0 Å². The molecule has 0 spiro atoms. The number of nitrogens with one attached hydrogen (secondary N) is 2. The van der Waals surface area contributed by atoms with Crippen LogP contribution in [0.2, 0.25) is 0 Å². The minimum absolute atomic E-state index is 0.0130. The fourth-order valence-electron chi connectivity index (χ4n) is 1.70. The van der Waals surface area contributed by atoms with Crippen molar-refractivity contribution in [2.24, 2.45) is 0 Å². The highest BCUT2D eigenvalue weighted by molar-refractivity contribution is 5.94. The molecule has 2 rings (SSSR count).